The lowest BCUT2D eigenvalue weighted by molar-refractivity contribution is 0.667. The molecule has 1 N–H and O–H groups in total. The van der Waals surface area contributed by atoms with Crippen molar-refractivity contribution in [1.82, 2.24) is 9.88 Å². The summed E-state index contributed by atoms with van der Waals surface area (Å²) in [6.45, 7) is 7.80. The van der Waals surface area contributed by atoms with Gasteiger partial charge in [-0.15, -0.1) is 0 Å². The summed E-state index contributed by atoms with van der Waals surface area (Å²) in [6.07, 6.45) is -0.385. The fourth-order valence-corrected chi connectivity index (χ4v) is 8.36. The van der Waals surface area contributed by atoms with E-state index in [1.54, 1.807) is 0 Å². The zero-order chi connectivity index (χ0) is 38.6. The second kappa shape index (κ2) is 13.6. The summed E-state index contributed by atoms with van der Waals surface area (Å²) in [4.78, 5) is 14.3. The number of furan rings is 1. The largest absolute Gasteiger partial charge is 0.456 e. The number of fused-ring (bicyclic) bond motifs is 6. The number of hydrogen-bond donors (Lipinski definition) is 1. The summed E-state index contributed by atoms with van der Waals surface area (Å²) >= 11 is 0. The van der Waals surface area contributed by atoms with Gasteiger partial charge < -0.3 is 14.3 Å². The Labute approximate surface area is 334 Å². The molecule has 0 bridgehead atoms. The van der Waals surface area contributed by atoms with Crippen LogP contribution in [-0.2, 0) is 0 Å². The highest BCUT2D eigenvalue weighted by molar-refractivity contribution is 6.16. The van der Waals surface area contributed by atoms with Crippen LogP contribution in [0, 0.1) is 6.57 Å². The minimum atomic E-state index is -0.385. The first-order valence-electron chi connectivity index (χ1n) is 19.3. The van der Waals surface area contributed by atoms with Crippen molar-refractivity contribution >= 4 is 61.1 Å². The SMILES string of the molecule is [C-]#[N+]c1ccc2c(c1)c1ccccc1n2-c1c(-c2ccccc2)cc(C2=NC(c3ccc4c(c3)oc3ccccc34)=NC(c3ccccc3)N2)cc1-c1ccccc1. The summed E-state index contributed by atoms with van der Waals surface area (Å²) < 4.78 is 8.69. The topological polar surface area (TPSA) is 59.2 Å². The zero-order valence-corrected chi connectivity index (χ0v) is 31.2. The molecule has 0 fully saturated rings. The van der Waals surface area contributed by atoms with Gasteiger partial charge in [0.2, 0.25) is 0 Å². The minimum Gasteiger partial charge on any atom is -0.456 e. The quantitative estimate of drug-likeness (QED) is 0.172. The van der Waals surface area contributed by atoms with Gasteiger partial charge >= 0.3 is 0 Å². The van der Waals surface area contributed by atoms with Crippen LogP contribution in [0.5, 0.6) is 0 Å². The van der Waals surface area contributed by atoms with E-state index in [-0.39, 0.29) is 6.17 Å². The van der Waals surface area contributed by atoms with Crippen LogP contribution in [0.4, 0.5) is 5.69 Å². The van der Waals surface area contributed by atoms with E-state index in [4.69, 9.17) is 21.0 Å². The van der Waals surface area contributed by atoms with Crippen LogP contribution in [0.2, 0.25) is 0 Å². The van der Waals surface area contributed by atoms with Gasteiger partial charge in [-0.1, -0.05) is 140 Å². The van der Waals surface area contributed by atoms with Gasteiger partial charge in [0, 0.05) is 38.4 Å². The number of nitrogens with one attached hydrogen (secondary N) is 1. The number of aromatic nitrogens is 1. The van der Waals surface area contributed by atoms with Crippen molar-refractivity contribution in [1.29, 1.82) is 0 Å². The summed E-state index contributed by atoms with van der Waals surface area (Å²) in [6, 6.07) is 64.8. The van der Waals surface area contributed by atoms with Gasteiger partial charge in [0.25, 0.3) is 0 Å². The molecule has 1 aliphatic rings. The van der Waals surface area contributed by atoms with Crippen molar-refractivity contribution in [3.8, 4) is 27.9 Å². The fourth-order valence-electron chi connectivity index (χ4n) is 8.36. The standard InChI is InChI=1S/C52H33N5O/c1-53-38-26-28-46-44(32-38)39-21-11-13-23-45(39)57(46)49-42(33-15-5-2-6-16-33)29-37(30-43(49)34-17-7-3-8-18-34)52-55-50(35-19-9-4-10-20-35)54-51(56-52)36-25-27-41-40-22-12-14-24-47(40)58-48(41)31-36/h2-32,50H,(H,54,55,56). The number of rotatable bonds is 6. The van der Waals surface area contributed by atoms with Crippen molar-refractivity contribution in [3.05, 3.63) is 216 Å². The first-order chi connectivity index (χ1) is 28.7. The Morgan fingerprint density at radius 1 is 0.517 bits per heavy atom. The van der Waals surface area contributed by atoms with E-state index < -0.39 is 0 Å². The molecule has 1 atom stereocenters. The van der Waals surface area contributed by atoms with Crippen LogP contribution in [0.1, 0.15) is 22.9 Å². The Morgan fingerprint density at radius 2 is 1.14 bits per heavy atom. The molecule has 8 aromatic carbocycles. The van der Waals surface area contributed by atoms with Crippen LogP contribution < -0.4 is 5.32 Å². The van der Waals surface area contributed by atoms with Crippen LogP contribution in [0.25, 0.3) is 76.5 Å². The lowest BCUT2D eigenvalue weighted by Gasteiger charge is -2.26. The van der Waals surface area contributed by atoms with Gasteiger partial charge in [0.05, 0.1) is 23.3 Å². The Balaban J connectivity index is 1.18. The molecule has 2 aromatic heterocycles. The highest BCUT2D eigenvalue weighted by Crippen LogP contribution is 2.43. The zero-order valence-electron chi connectivity index (χ0n) is 31.2. The second-order valence-corrected chi connectivity index (χ2v) is 14.5. The van der Waals surface area contributed by atoms with Crippen molar-refractivity contribution in [2.45, 2.75) is 6.17 Å². The predicted octanol–water partition coefficient (Wildman–Crippen LogP) is 13.1. The smallest absolute Gasteiger partial charge is 0.188 e. The van der Waals surface area contributed by atoms with Crippen LogP contribution >= 0.6 is 0 Å². The minimum absolute atomic E-state index is 0.385. The molecule has 3 heterocycles. The van der Waals surface area contributed by atoms with E-state index >= 15 is 0 Å². The number of benzene rings is 8. The van der Waals surface area contributed by atoms with Gasteiger partial charge in [0.15, 0.2) is 11.5 Å². The maximum absolute atomic E-state index is 7.80. The van der Waals surface area contributed by atoms with Gasteiger partial charge in [-0.2, -0.15) is 0 Å². The number of para-hydroxylation sites is 2. The number of nitrogens with zero attached hydrogens (tertiary/aromatic N) is 4. The summed E-state index contributed by atoms with van der Waals surface area (Å²) in [7, 11) is 0. The van der Waals surface area contributed by atoms with E-state index in [1.807, 2.05) is 48.5 Å². The molecule has 1 unspecified atom stereocenters. The molecule has 0 aliphatic carbocycles. The molecule has 0 saturated heterocycles. The molecular weight excluding hydrogens is 711 g/mol. The average molecular weight is 744 g/mol. The van der Waals surface area contributed by atoms with E-state index in [2.05, 4.69) is 154 Å². The van der Waals surface area contributed by atoms with Gasteiger partial charge in [-0.3, -0.25) is 0 Å². The normalized spacial score (nSPS) is 14.0. The lowest BCUT2D eigenvalue weighted by atomic mass is 9.92. The van der Waals surface area contributed by atoms with Crippen molar-refractivity contribution < 1.29 is 4.42 Å². The second-order valence-electron chi connectivity index (χ2n) is 14.5. The highest BCUT2D eigenvalue weighted by atomic mass is 16.3. The molecule has 10 aromatic rings. The Kier molecular flexibility index (Phi) is 7.83. The molecule has 0 spiro atoms. The summed E-state index contributed by atoms with van der Waals surface area (Å²) in [5.74, 6) is 1.34. The first kappa shape index (κ1) is 33.3. The van der Waals surface area contributed by atoms with Crippen LogP contribution in [-0.4, -0.2) is 16.2 Å². The molecule has 0 amide bonds. The summed E-state index contributed by atoms with van der Waals surface area (Å²) in [5.41, 5.74) is 12.5. The van der Waals surface area contributed by atoms with Crippen molar-refractivity contribution in [2.24, 2.45) is 9.98 Å². The Morgan fingerprint density at radius 3 is 1.86 bits per heavy atom. The third-order valence-electron chi connectivity index (χ3n) is 11.1. The Bertz CT molecular complexity index is 3260. The van der Waals surface area contributed by atoms with Crippen LogP contribution in [0.15, 0.2) is 202 Å². The average Bonchev–Trinajstić information content (AvgIpc) is 3.84. The molecule has 11 rings (SSSR count). The first-order valence-corrected chi connectivity index (χ1v) is 19.3. The maximum Gasteiger partial charge on any atom is 0.188 e. The molecule has 1 aliphatic heterocycles. The highest BCUT2D eigenvalue weighted by Gasteiger charge is 2.26. The fraction of sp³-hybridized carbons (Fsp3) is 0.0192. The summed E-state index contributed by atoms with van der Waals surface area (Å²) in [5, 5.41) is 8.01. The van der Waals surface area contributed by atoms with Gasteiger partial charge in [-0.05, 0) is 70.6 Å². The predicted molar refractivity (Wildman–Crippen MR) is 237 cm³/mol. The third-order valence-corrected chi connectivity index (χ3v) is 11.1. The van der Waals surface area contributed by atoms with Gasteiger partial charge in [-0.25, -0.2) is 14.8 Å². The molecule has 58 heavy (non-hydrogen) atoms. The molecule has 272 valence electrons. The van der Waals surface area contributed by atoms with E-state index in [0.717, 1.165) is 88.4 Å². The van der Waals surface area contributed by atoms with Crippen molar-refractivity contribution in [2.75, 3.05) is 0 Å². The Hall–Kier alpha value is -8.01. The molecule has 6 heteroatoms. The molecule has 0 saturated carbocycles. The number of aliphatic imine (C=N–C) groups is 2. The molecular formula is C52H33N5O. The van der Waals surface area contributed by atoms with E-state index in [1.165, 1.54) is 0 Å². The monoisotopic (exact) mass is 743 g/mol. The third kappa shape index (κ3) is 5.57. The van der Waals surface area contributed by atoms with Crippen molar-refractivity contribution in [3.63, 3.8) is 0 Å². The molecule has 0 radical (unpaired) electrons. The lowest BCUT2D eigenvalue weighted by Crippen LogP contribution is -2.33. The maximum atomic E-state index is 7.80. The van der Waals surface area contributed by atoms with E-state index in [9.17, 15) is 0 Å². The molecule has 6 nitrogen and oxygen atoms in total. The number of amidine groups is 2. The number of hydrogen-bond acceptors (Lipinski definition) is 4. The van der Waals surface area contributed by atoms with Crippen LogP contribution in [0.3, 0.4) is 0 Å². The van der Waals surface area contributed by atoms with Gasteiger partial charge in [0.1, 0.15) is 23.2 Å². The van der Waals surface area contributed by atoms with E-state index in [0.29, 0.717) is 17.4 Å².